The maximum absolute atomic E-state index is 13.2. The van der Waals surface area contributed by atoms with Gasteiger partial charge in [-0.25, -0.2) is 13.1 Å². The number of allylic oxidation sites excluding steroid dienone is 1. The Morgan fingerprint density at radius 1 is 1.12 bits per heavy atom. The molecule has 4 atom stereocenters. The minimum atomic E-state index is -4.10. The van der Waals surface area contributed by atoms with E-state index < -0.39 is 27.8 Å². The summed E-state index contributed by atoms with van der Waals surface area (Å²) in [4.78, 5) is 15.5. The first-order valence-corrected chi connectivity index (χ1v) is 16.4. The molecule has 222 valence electrons. The number of ether oxygens (including phenoxy) is 2. The topological polar surface area (TPSA) is 105 Å². The van der Waals surface area contributed by atoms with Gasteiger partial charge < -0.3 is 19.5 Å². The van der Waals surface area contributed by atoms with Crippen LogP contribution in [0.5, 0.6) is 5.75 Å². The summed E-state index contributed by atoms with van der Waals surface area (Å²) in [6.45, 7) is 1.32. The minimum Gasteiger partial charge on any atom is -0.487 e. The first-order valence-electron chi connectivity index (χ1n) is 14.4. The molecule has 8 nitrogen and oxygen atoms in total. The molecular weight excluding hydrogens is 564 g/mol. The molecule has 10 heteroatoms. The number of anilines is 1. The molecule has 0 spiro atoms. The molecule has 1 amide bonds. The first kappa shape index (κ1) is 29.9. The Morgan fingerprint density at radius 3 is 2.73 bits per heavy atom. The number of methoxy groups -OCH3 is 1. The molecule has 2 bridgehead atoms. The number of halogens is 1. The summed E-state index contributed by atoms with van der Waals surface area (Å²) in [7, 11) is -2.38. The number of sulfonamides is 1. The van der Waals surface area contributed by atoms with Crippen LogP contribution in [-0.2, 0) is 27.8 Å². The van der Waals surface area contributed by atoms with Gasteiger partial charge in [-0.1, -0.05) is 29.8 Å². The molecule has 41 heavy (non-hydrogen) atoms. The number of aryl methyl sites for hydroxylation is 1. The summed E-state index contributed by atoms with van der Waals surface area (Å²) in [6, 6.07) is 11.0. The number of carbonyl (C=O) groups excluding carboxylic acids is 1. The van der Waals surface area contributed by atoms with E-state index in [-0.39, 0.29) is 18.1 Å². The monoisotopic (exact) mass is 602 g/mol. The lowest BCUT2D eigenvalue weighted by Crippen LogP contribution is -2.44. The van der Waals surface area contributed by atoms with Crippen molar-refractivity contribution >= 4 is 33.2 Å². The van der Waals surface area contributed by atoms with Crippen molar-refractivity contribution in [2.75, 3.05) is 31.7 Å². The van der Waals surface area contributed by atoms with E-state index in [4.69, 9.17) is 21.1 Å². The molecule has 2 N–H and O–H groups in total. The third kappa shape index (κ3) is 6.91. The highest BCUT2D eigenvalue weighted by Crippen LogP contribution is 2.41. The average molecular weight is 603 g/mol. The van der Waals surface area contributed by atoms with Gasteiger partial charge in [0.05, 0.1) is 18.4 Å². The van der Waals surface area contributed by atoms with Gasteiger partial charge in [-0.05, 0) is 98.2 Å². The van der Waals surface area contributed by atoms with Crippen LogP contribution in [0.25, 0.3) is 0 Å². The number of nitrogens with one attached hydrogen (secondary N) is 1. The maximum Gasteiger partial charge on any atom is 0.264 e. The molecule has 0 saturated heterocycles. The molecule has 5 rings (SSSR count). The second-order valence-electron chi connectivity index (χ2n) is 11.3. The van der Waals surface area contributed by atoms with Crippen LogP contribution in [0.3, 0.4) is 0 Å². The van der Waals surface area contributed by atoms with E-state index in [0.29, 0.717) is 35.6 Å². The van der Waals surface area contributed by atoms with Gasteiger partial charge in [-0.2, -0.15) is 0 Å². The Morgan fingerprint density at radius 2 is 1.98 bits per heavy atom. The first-order chi connectivity index (χ1) is 19.8. The van der Waals surface area contributed by atoms with E-state index in [2.05, 4.69) is 9.62 Å². The highest BCUT2D eigenvalue weighted by molar-refractivity contribution is 7.90. The zero-order chi connectivity index (χ0) is 29.0. The predicted molar refractivity (Wildman–Crippen MR) is 160 cm³/mol. The van der Waals surface area contributed by atoms with Crippen LogP contribution >= 0.6 is 11.6 Å². The molecule has 2 aromatic carbocycles. The van der Waals surface area contributed by atoms with Gasteiger partial charge in [0, 0.05) is 30.8 Å². The number of benzene rings is 2. The van der Waals surface area contributed by atoms with Gasteiger partial charge in [-0.3, -0.25) is 4.79 Å². The molecule has 1 fully saturated rings. The predicted octanol–water partition coefficient (Wildman–Crippen LogP) is 4.87. The maximum atomic E-state index is 13.2. The number of nitrogens with zero attached hydrogens (tertiary/aromatic N) is 1. The fraction of sp³-hybridized carbons (Fsp3) is 0.516. The molecule has 0 unspecified atom stereocenters. The Bertz CT molecular complexity index is 1380. The number of aliphatic hydroxyl groups excluding tert-OH is 1. The third-order valence-electron chi connectivity index (χ3n) is 8.72. The summed E-state index contributed by atoms with van der Waals surface area (Å²) < 4.78 is 40.5. The number of aliphatic hydroxyl groups is 1. The molecular formula is C31H39ClN2O6S. The second kappa shape index (κ2) is 13.2. The van der Waals surface area contributed by atoms with Crippen LogP contribution in [-0.4, -0.2) is 57.6 Å². The zero-order valence-corrected chi connectivity index (χ0v) is 25.0. The lowest BCUT2D eigenvalue weighted by Gasteiger charge is -2.43. The van der Waals surface area contributed by atoms with Crippen molar-refractivity contribution in [3.63, 3.8) is 0 Å². The number of fused-ring (bicyclic) bond motifs is 3. The van der Waals surface area contributed by atoms with Crippen molar-refractivity contribution in [2.24, 2.45) is 11.8 Å². The van der Waals surface area contributed by atoms with Crippen LogP contribution < -0.4 is 14.4 Å². The molecule has 2 aromatic rings. The summed E-state index contributed by atoms with van der Waals surface area (Å²) >= 11 is 6.30. The van der Waals surface area contributed by atoms with Crippen molar-refractivity contribution in [3.05, 3.63) is 70.3 Å². The molecule has 1 saturated carbocycles. The summed E-state index contributed by atoms with van der Waals surface area (Å²) in [5, 5.41) is 9.44. The fourth-order valence-corrected chi connectivity index (χ4v) is 7.52. The van der Waals surface area contributed by atoms with Crippen molar-refractivity contribution in [3.8, 4) is 5.75 Å². The van der Waals surface area contributed by atoms with E-state index in [0.717, 1.165) is 56.4 Å². The van der Waals surface area contributed by atoms with Crippen LogP contribution in [0.15, 0.2) is 48.6 Å². The second-order valence-corrected chi connectivity index (χ2v) is 13.7. The summed E-state index contributed by atoms with van der Waals surface area (Å²) in [5.74, 6) is 0.654. The highest BCUT2D eigenvalue weighted by atomic mass is 35.5. The number of hydrogen-bond donors (Lipinski definition) is 2. The fourth-order valence-electron chi connectivity index (χ4n) is 6.14. The van der Waals surface area contributed by atoms with Gasteiger partial charge in [-0.15, -0.1) is 0 Å². The number of carbonyl (C=O) groups is 1. The normalized spacial score (nSPS) is 27.6. The van der Waals surface area contributed by atoms with E-state index in [1.54, 1.807) is 25.3 Å². The summed E-state index contributed by atoms with van der Waals surface area (Å²) in [5.41, 5.74) is 3.24. The van der Waals surface area contributed by atoms with E-state index in [1.807, 2.05) is 30.4 Å². The van der Waals surface area contributed by atoms with Gasteiger partial charge >= 0.3 is 0 Å². The number of rotatable bonds is 2. The molecule has 3 aliphatic rings. The van der Waals surface area contributed by atoms with Gasteiger partial charge in [0.1, 0.15) is 17.6 Å². The molecule has 2 aliphatic heterocycles. The molecule has 1 aliphatic carbocycles. The van der Waals surface area contributed by atoms with Crippen LogP contribution in [0.1, 0.15) is 60.0 Å². The van der Waals surface area contributed by atoms with E-state index in [9.17, 15) is 18.3 Å². The largest absolute Gasteiger partial charge is 0.487 e. The Labute approximate surface area is 247 Å². The number of amides is 1. The van der Waals surface area contributed by atoms with Gasteiger partial charge in [0.15, 0.2) is 0 Å². The Balaban J connectivity index is 1.54. The third-order valence-corrected chi connectivity index (χ3v) is 10.7. The average Bonchev–Trinajstić information content (AvgIpc) is 2.96. The summed E-state index contributed by atoms with van der Waals surface area (Å²) in [6.07, 6.45) is 9.45. The van der Waals surface area contributed by atoms with E-state index in [1.165, 1.54) is 5.56 Å². The van der Waals surface area contributed by atoms with Crippen molar-refractivity contribution in [1.82, 2.24) is 4.72 Å². The zero-order valence-electron chi connectivity index (χ0n) is 23.4. The lowest BCUT2D eigenvalue weighted by atomic mass is 9.70. The van der Waals surface area contributed by atoms with Gasteiger partial charge in [0.2, 0.25) is 10.0 Å². The smallest absolute Gasteiger partial charge is 0.264 e. The van der Waals surface area contributed by atoms with Crippen LogP contribution in [0.4, 0.5) is 5.69 Å². The van der Waals surface area contributed by atoms with E-state index >= 15 is 0 Å². The molecule has 0 radical (unpaired) electrons. The Kier molecular flexibility index (Phi) is 9.59. The standard InChI is InChI=1S/C31H39ClN2O6S/c1-39-29-8-3-2-7-26(19-35)41(37,38)33-31(36)22-11-14-30-28(17-22)34(18-23-10-13-27(23)29)15-5-4-6-21-16-25(32)12-9-24(21)20-40-30/h3,8-9,11-12,14,16-17,23,26-27,29,35H,2,4-7,10,13,15,18-20H2,1H3,(H,33,36)/b8-3+/t23-,26-,27+,29-/m0/s1. The minimum absolute atomic E-state index is 0.0734. The van der Waals surface area contributed by atoms with Crippen molar-refractivity contribution in [2.45, 2.75) is 62.9 Å². The highest BCUT2D eigenvalue weighted by Gasteiger charge is 2.38. The van der Waals surface area contributed by atoms with Crippen molar-refractivity contribution < 1.29 is 27.8 Å². The quantitative estimate of drug-likeness (QED) is 0.472. The Hall–Kier alpha value is -2.59. The van der Waals surface area contributed by atoms with Crippen LogP contribution in [0, 0.1) is 11.8 Å². The molecule has 0 aromatic heterocycles. The van der Waals surface area contributed by atoms with Crippen LogP contribution in [0.2, 0.25) is 5.02 Å². The SMILES string of the molecule is CO[C@H]1/C=C/CC[C@@H](CO)S(=O)(=O)NC(=O)c2ccc3c(c2)N(CCCCc2cc(Cl)ccc2CO3)C[C@@H]2CC[C@H]21. The number of hydrogen-bond acceptors (Lipinski definition) is 7. The van der Waals surface area contributed by atoms with Crippen molar-refractivity contribution in [1.29, 1.82) is 0 Å². The lowest BCUT2D eigenvalue weighted by molar-refractivity contribution is 0.0134. The van der Waals surface area contributed by atoms with Gasteiger partial charge in [0.25, 0.3) is 5.91 Å². The molecule has 2 heterocycles.